The standard InChI is InChI=1S/C14H20N2O2/c1-18-14(17)12-9-11(15)5-6-13(12)16-8-7-10-3-2-4-10/h5-6,9-10,16H,2-4,7-8,15H2,1H3. The summed E-state index contributed by atoms with van der Waals surface area (Å²) in [7, 11) is 1.38. The predicted molar refractivity (Wildman–Crippen MR) is 72.6 cm³/mol. The first-order valence-electron chi connectivity index (χ1n) is 6.42. The lowest BCUT2D eigenvalue weighted by Crippen LogP contribution is -2.17. The molecule has 1 aromatic carbocycles. The molecule has 4 nitrogen and oxygen atoms in total. The molecule has 0 aliphatic heterocycles. The molecule has 0 saturated heterocycles. The van der Waals surface area contributed by atoms with Gasteiger partial charge in [-0.3, -0.25) is 0 Å². The molecular formula is C14H20N2O2. The number of nitrogen functional groups attached to an aromatic ring is 1. The summed E-state index contributed by atoms with van der Waals surface area (Å²) in [6, 6.07) is 5.28. The molecular weight excluding hydrogens is 228 g/mol. The van der Waals surface area contributed by atoms with Gasteiger partial charge in [0.1, 0.15) is 0 Å². The summed E-state index contributed by atoms with van der Waals surface area (Å²) in [6.07, 6.45) is 5.20. The van der Waals surface area contributed by atoms with Gasteiger partial charge in [0, 0.05) is 17.9 Å². The Morgan fingerprint density at radius 1 is 1.50 bits per heavy atom. The summed E-state index contributed by atoms with van der Waals surface area (Å²) >= 11 is 0. The molecule has 1 fully saturated rings. The zero-order valence-electron chi connectivity index (χ0n) is 10.7. The number of hydrogen-bond acceptors (Lipinski definition) is 4. The average molecular weight is 248 g/mol. The van der Waals surface area contributed by atoms with Crippen molar-refractivity contribution < 1.29 is 9.53 Å². The molecule has 1 saturated carbocycles. The third kappa shape index (κ3) is 2.94. The van der Waals surface area contributed by atoms with Crippen molar-refractivity contribution in [1.82, 2.24) is 0 Å². The van der Waals surface area contributed by atoms with Crippen LogP contribution in [0.5, 0.6) is 0 Å². The number of carbonyl (C=O) groups excluding carboxylic acids is 1. The maximum absolute atomic E-state index is 11.6. The smallest absolute Gasteiger partial charge is 0.340 e. The van der Waals surface area contributed by atoms with Crippen LogP contribution in [0.3, 0.4) is 0 Å². The zero-order chi connectivity index (χ0) is 13.0. The van der Waals surface area contributed by atoms with Crippen LogP contribution in [0.1, 0.15) is 36.0 Å². The van der Waals surface area contributed by atoms with Crippen molar-refractivity contribution >= 4 is 17.3 Å². The third-order valence-electron chi connectivity index (χ3n) is 3.54. The Kier molecular flexibility index (Phi) is 4.07. The summed E-state index contributed by atoms with van der Waals surface area (Å²) in [5.41, 5.74) is 7.57. The lowest BCUT2D eigenvalue weighted by atomic mass is 9.83. The van der Waals surface area contributed by atoms with Gasteiger partial charge in [0.15, 0.2) is 0 Å². The van der Waals surface area contributed by atoms with Crippen molar-refractivity contribution in [3.8, 4) is 0 Å². The van der Waals surface area contributed by atoms with Crippen molar-refractivity contribution in [2.75, 3.05) is 24.7 Å². The lowest BCUT2D eigenvalue weighted by molar-refractivity contribution is 0.0602. The van der Waals surface area contributed by atoms with Gasteiger partial charge < -0.3 is 15.8 Å². The summed E-state index contributed by atoms with van der Waals surface area (Å²) in [5, 5.41) is 3.30. The Morgan fingerprint density at radius 3 is 2.89 bits per heavy atom. The molecule has 1 aliphatic rings. The van der Waals surface area contributed by atoms with Gasteiger partial charge in [-0.25, -0.2) is 4.79 Å². The van der Waals surface area contributed by atoms with Crippen molar-refractivity contribution in [3.05, 3.63) is 23.8 Å². The quantitative estimate of drug-likeness (QED) is 0.621. The average Bonchev–Trinajstić information content (AvgIpc) is 2.32. The highest BCUT2D eigenvalue weighted by Gasteiger charge is 2.17. The fourth-order valence-corrected chi connectivity index (χ4v) is 2.19. The second-order valence-corrected chi connectivity index (χ2v) is 4.81. The molecule has 0 aromatic heterocycles. The van der Waals surface area contributed by atoms with E-state index < -0.39 is 0 Å². The number of anilines is 2. The molecule has 2 rings (SSSR count). The highest BCUT2D eigenvalue weighted by molar-refractivity contribution is 5.96. The van der Waals surface area contributed by atoms with Crippen LogP contribution in [0.25, 0.3) is 0 Å². The third-order valence-corrected chi connectivity index (χ3v) is 3.54. The molecule has 98 valence electrons. The molecule has 1 aromatic rings. The number of nitrogens with one attached hydrogen (secondary N) is 1. The molecule has 0 unspecified atom stereocenters. The first-order valence-corrected chi connectivity index (χ1v) is 6.42. The van der Waals surface area contributed by atoms with Crippen LogP contribution in [0.2, 0.25) is 0 Å². The minimum atomic E-state index is -0.353. The SMILES string of the molecule is COC(=O)c1cc(N)ccc1NCCC1CCC1. The van der Waals surface area contributed by atoms with E-state index in [0.29, 0.717) is 11.3 Å². The maximum atomic E-state index is 11.6. The van der Waals surface area contributed by atoms with E-state index in [0.717, 1.165) is 24.6 Å². The van der Waals surface area contributed by atoms with Gasteiger partial charge in [0.25, 0.3) is 0 Å². The Balaban J connectivity index is 1.98. The van der Waals surface area contributed by atoms with E-state index in [1.807, 2.05) is 6.07 Å². The molecule has 1 aliphatic carbocycles. The summed E-state index contributed by atoms with van der Waals surface area (Å²) in [4.78, 5) is 11.6. The van der Waals surface area contributed by atoms with Gasteiger partial charge >= 0.3 is 5.97 Å². The van der Waals surface area contributed by atoms with E-state index in [-0.39, 0.29) is 5.97 Å². The zero-order valence-corrected chi connectivity index (χ0v) is 10.7. The van der Waals surface area contributed by atoms with E-state index >= 15 is 0 Å². The summed E-state index contributed by atoms with van der Waals surface area (Å²) in [6.45, 7) is 0.887. The van der Waals surface area contributed by atoms with Gasteiger partial charge in [-0.05, 0) is 30.5 Å². The molecule has 18 heavy (non-hydrogen) atoms. The highest BCUT2D eigenvalue weighted by Crippen LogP contribution is 2.29. The second kappa shape index (κ2) is 5.76. The van der Waals surface area contributed by atoms with Crippen molar-refractivity contribution in [2.45, 2.75) is 25.7 Å². The number of ether oxygens (including phenoxy) is 1. The van der Waals surface area contributed by atoms with Gasteiger partial charge in [-0.2, -0.15) is 0 Å². The van der Waals surface area contributed by atoms with Gasteiger partial charge in [-0.15, -0.1) is 0 Å². The van der Waals surface area contributed by atoms with Crippen LogP contribution in [0, 0.1) is 5.92 Å². The van der Waals surface area contributed by atoms with E-state index in [4.69, 9.17) is 10.5 Å². The Morgan fingerprint density at radius 2 is 2.28 bits per heavy atom. The number of carbonyl (C=O) groups is 1. The van der Waals surface area contributed by atoms with E-state index in [1.165, 1.54) is 26.4 Å². The molecule has 0 heterocycles. The van der Waals surface area contributed by atoms with Crippen molar-refractivity contribution in [2.24, 2.45) is 5.92 Å². The molecule has 0 atom stereocenters. The predicted octanol–water partition coefficient (Wildman–Crippen LogP) is 2.66. The number of esters is 1. The largest absolute Gasteiger partial charge is 0.465 e. The number of rotatable bonds is 5. The van der Waals surface area contributed by atoms with Crippen LogP contribution in [0.4, 0.5) is 11.4 Å². The Labute approximate surface area is 108 Å². The van der Waals surface area contributed by atoms with Crippen LogP contribution in [0.15, 0.2) is 18.2 Å². The van der Waals surface area contributed by atoms with Gasteiger partial charge in [-0.1, -0.05) is 19.3 Å². The van der Waals surface area contributed by atoms with Gasteiger partial charge in [0.05, 0.1) is 12.7 Å². The van der Waals surface area contributed by atoms with E-state index in [1.54, 1.807) is 12.1 Å². The maximum Gasteiger partial charge on any atom is 0.340 e. The Bertz CT molecular complexity index is 428. The number of methoxy groups -OCH3 is 1. The minimum absolute atomic E-state index is 0.353. The molecule has 0 amide bonds. The van der Waals surface area contributed by atoms with Crippen LogP contribution < -0.4 is 11.1 Å². The molecule has 0 spiro atoms. The minimum Gasteiger partial charge on any atom is -0.465 e. The normalized spacial score (nSPS) is 14.9. The second-order valence-electron chi connectivity index (χ2n) is 4.81. The van der Waals surface area contributed by atoms with Crippen LogP contribution in [-0.2, 0) is 4.74 Å². The first-order chi connectivity index (χ1) is 8.70. The molecule has 0 bridgehead atoms. The van der Waals surface area contributed by atoms with E-state index in [2.05, 4.69) is 5.32 Å². The topological polar surface area (TPSA) is 64.3 Å². The summed E-state index contributed by atoms with van der Waals surface area (Å²) in [5.74, 6) is 0.501. The lowest BCUT2D eigenvalue weighted by Gasteiger charge is -2.25. The van der Waals surface area contributed by atoms with Gasteiger partial charge in [0.2, 0.25) is 0 Å². The highest BCUT2D eigenvalue weighted by atomic mass is 16.5. The molecule has 0 radical (unpaired) electrons. The fourth-order valence-electron chi connectivity index (χ4n) is 2.19. The van der Waals surface area contributed by atoms with Crippen LogP contribution in [-0.4, -0.2) is 19.6 Å². The molecule has 3 N–H and O–H groups in total. The molecule has 4 heteroatoms. The van der Waals surface area contributed by atoms with Crippen LogP contribution >= 0.6 is 0 Å². The van der Waals surface area contributed by atoms with Crippen molar-refractivity contribution in [1.29, 1.82) is 0 Å². The number of nitrogens with two attached hydrogens (primary N) is 1. The Hall–Kier alpha value is -1.71. The van der Waals surface area contributed by atoms with E-state index in [9.17, 15) is 4.79 Å². The fraction of sp³-hybridized carbons (Fsp3) is 0.500. The monoisotopic (exact) mass is 248 g/mol. The first kappa shape index (κ1) is 12.7. The summed E-state index contributed by atoms with van der Waals surface area (Å²) < 4.78 is 4.76. The number of hydrogen-bond donors (Lipinski definition) is 2. The number of benzene rings is 1. The van der Waals surface area contributed by atoms with Crippen molar-refractivity contribution in [3.63, 3.8) is 0 Å².